The third-order valence-corrected chi connectivity index (χ3v) is 5.24. The number of nitrogens with zero attached hydrogens (tertiary/aromatic N) is 3. The molecule has 0 aromatic heterocycles. The lowest BCUT2D eigenvalue weighted by molar-refractivity contribution is -0.123. The zero-order chi connectivity index (χ0) is 22.9. The number of rotatable bonds is 7. The molecule has 7 heteroatoms. The maximum atomic E-state index is 12.0. The van der Waals surface area contributed by atoms with E-state index in [-0.39, 0.29) is 12.5 Å². The van der Waals surface area contributed by atoms with Gasteiger partial charge in [-0.15, -0.1) is 0 Å². The minimum absolute atomic E-state index is 0.135. The van der Waals surface area contributed by atoms with Gasteiger partial charge in [0.2, 0.25) is 0 Å². The molecule has 1 fully saturated rings. The number of ether oxygens (including phenoxy) is 2. The highest BCUT2D eigenvalue weighted by Gasteiger charge is 2.10. The summed E-state index contributed by atoms with van der Waals surface area (Å²) in [5.74, 6) is 0.248. The van der Waals surface area contributed by atoms with Crippen LogP contribution < -0.4 is 15.1 Å². The summed E-state index contributed by atoms with van der Waals surface area (Å²) in [5, 5.41) is 12.9. The lowest BCUT2D eigenvalue weighted by atomic mass is 10.0. The van der Waals surface area contributed by atoms with Crippen molar-refractivity contribution in [2.24, 2.45) is 5.10 Å². The van der Waals surface area contributed by atoms with Crippen LogP contribution in [0.2, 0.25) is 0 Å². The molecule has 0 atom stereocenters. The number of hydrazone groups is 1. The molecule has 3 aromatic carbocycles. The van der Waals surface area contributed by atoms with Crippen molar-refractivity contribution in [3.05, 3.63) is 83.9 Å². The number of carbonyl (C=O) groups is 1. The Morgan fingerprint density at radius 2 is 1.64 bits per heavy atom. The number of nitriles is 1. The molecule has 33 heavy (non-hydrogen) atoms. The predicted octanol–water partition coefficient (Wildman–Crippen LogP) is 3.59. The molecule has 166 valence electrons. The van der Waals surface area contributed by atoms with Gasteiger partial charge in [0, 0.05) is 18.8 Å². The first-order chi connectivity index (χ1) is 16.2. The van der Waals surface area contributed by atoms with Crippen molar-refractivity contribution in [3.8, 4) is 22.9 Å². The summed E-state index contributed by atoms with van der Waals surface area (Å²) in [6, 6.07) is 24.9. The van der Waals surface area contributed by atoms with Gasteiger partial charge in [-0.3, -0.25) is 4.79 Å². The van der Waals surface area contributed by atoms with E-state index in [1.807, 2.05) is 48.5 Å². The van der Waals surface area contributed by atoms with Gasteiger partial charge in [0.1, 0.15) is 5.75 Å². The molecular formula is C26H24N4O3. The summed E-state index contributed by atoms with van der Waals surface area (Å²) >= 11 is 0. The zero-order valence-electron chi connectivity index (χ0n) is 18.1. The lowest BCUT2D eigenvalue weighted by Gasteiger charge is -2.28. The monoisotopic (exact) mass is 440 g/mol. The van der Waals surface area contributed by atoms with Crippen molar-refractivity contribution >= 4 is 17.8 Å². The fourth-order valence-electron chi connectivity index (χ4n) is 3.43. The molecule has 7 nitrogen and oxygen atoms in total. The molecule has 0 saturated carbocycles. The fourth-order valence-corrected chi connectivity index (χ4v) is 3.43. The molecule has 1 saturated heterocycles. The second-order valence-corrected chi connectivity index (χ2v) is 7.49. The lowest BCUT2D eigenvalue weighted by Crippen LogP contribution is -2.36. The smallest absolute Gasteiger partial charge is 0.277 e. The number of amides is 1. The van der Waals surface area contributed by atoms with E-state index in [1.54, 1.807) is 30.5 Å². The topological polar surface area (TPSA) is 86.9 Å². The fraction of sp³-hybridized carbons (Fsp3) is 0.192. The van der Waals surface area contributed by atoms with Crippen LogP contribution in [-0.4, -0.2) is 45.0 Å². The van der Waals surface area contributed by atoms with Gasteiger partial charge in [0.25, 0.3) is 5.91 Å². The predicted molar refractivity (Wildman–Crippen MR) is 127 cm³/mol. The van der Waals surface area contributed by atoms with Crippen LogP contribution >= 0.6 is 0 Å². The number of morpholine rings is 1. The molecular weight excluding hydrogens is 416 g/mol. The molecule has 1 amide bonds. The van der Waals surface area contributed by atoms with Crippen molar-refractivity contribution < 1.29 is 14.3 Å². The third-order valence-electron chi connectivity index (χ3n) is 5.24. The quantitative estimate of drug-likeness (QED) is 0.448. The zero-order valence-corrected chi connectivity index (χ0v) is 18.1. The maximum Gasteiger partial charge on any atom is 0.277 e. The Bertz CT molecular complexity index is 1130. The van der Waals surface area contributed by atoms with E-state index in [2.05, 4.69) is 21.5 Å². The van der Waals surface area contributed by atoms with Crippen molar-refractivity contribution in [3.63, 3.8) is 0 Å². The van der Waals surface area contributed by atoms with Crippen molar-refractivity contribution in [1.29, 1.82) is 5.26 Å². The van der Waals surface area contributed by atoms with E-state index in [0.29, 0.717) is 11.3 Å². The Labute approximate surface area is 192 Å². The van der Waals surface area contributed by atoms with E-state index >= 15 is 0 Å². The summed E-state index contributed by atoms with van der Waals surface area (Å²) in [7, 11) is 0. The Morgan fingerprint density at radius 3 is 2.27 bits per heavy atom. The Morgan fingerprint density at radius 1 is 1.00 bits per heavy atom. The molecule has 1 aliphatic rings. The molecule has 0 radical (unpaired) electrons. The van der Waals surface area contributed by atoms with E-state index in [0.717, 1.165) is 48.7 Å². The third kappa shape index (κ3) is 6.19. The molecule has 3 aromatic rings. The summed E-state index contributed by atoms with van der Waals surface area (Å²) < 4.78 is 10.9. The van der Waals surface area contributed by atoms with Crippen molar-refractivity contribution in [2.45, 2.75) is 0 Å². The van der Waals surface area contributed by atoms with Crippen molar-refractivity contribution in [1.82, 2.24) is 5.43 Å². The highest BCUT2D eigenvalue weighted by atomic mass is 16.5. The molecule has 0 unspecified atom stereocenters. The van der Waals surface area contributed by atoms with Crippen LogP contribution in [0.1, 0.15) is 11.1 Å². The average Bonchev–Trinajstić information content (AvgIpc) is 2.89. The summed E-state index contributed by atoms with van der Waals surface area (Å²) in [6.07, 6.45) is 1.60. The number of anilines is 1. The minimum atomic E-state index is -0.340. The Hall–Kier alpha value is -4.15. The van der Waals surface area contributed by atoms with E-state index < -0.39 is 0 Å². The van der Waals surface area contributed by atoms with Crippen LogP contribution in [0.4, 0.5) is 5.69 Å². The van der Waals surface area contributed by atoms with Crippen molar-refractivity contribution in [2.75, 3.05) is 37.8 Å². The summed E-state index contributed by atoms with van der Waals surface area (Å²) in [6.45, 7) is 3.14. The molecule has 0 bridgehead atoms. The second kappa shape index (κ2) is 10.9. The largest absolute Gasteiger partial charge is 0.484 e. The number of benzene rings is 3. The highest BCUT2D eigenvalue weighted by Crippen LogP contribution is 2.22. The van der Waals surface area contributed by atoms with Gasteiger partial charge in [0.15, 0.2) is 6.61 Å². The van der Waals surface area contributed by atoms with Crippen LogP contribution in [0.25, 0.3) is 11.1 Å². The van der Waals surface area contributed by atoms with Gasteiger partial charge in [-0.25, -0.2) is 5.43 Å². The van der Waals surface area contributed by atoms with Crippen LogP contribution in [0.5, 0.6) is 5.75 Å². The van der Waals surface area contributed by atoms with E-state index in [1.165, 1.54) is 0 Å². The summed E-state index contributed by atoms with van der Waals surface area (Å²) in [4.78, 5) is 14.3. The van der Waals surface area contributed by atoms with Gasteiger partial charge in [-0.05, 0) is 53.1 Å². The SMILES string of the molecule is N#Cc1ccc(-c2ccc(OCC(=O)N/N=C\c3ccc(N4CCOCC4)cc3)cc2)cc1. The average molecular weight is 441 g/mol. The number of carbonyl (C=O) groups excluding carboxylic acids is 1. The van der Waals surface area contributed by atoms with Gasteiger partial charge in [-0.2, -0.15) is 10.4 Å². The van der Waals surface area contributed by atoms with Crippen LogP contribution in [0.3, 0.4) is 0 Å². The standard InChI is InChI=1S/C26H24N4O3/c27-17-20-1-5-22(6-2-20)23-7-11-25(12-8-23)33-19-26(31)29-28-18-21-3-9-24(10-4-21)30-13-15-32-16-14-30/h1-12,18H,13-16,19H2,(H,29,31)/b28-18-. The molecule has 4 rings (SSSR count). The Balaban J connectivity index is 1.23. The second-order valence-electron chi connectivity index (χ2n) is 7.49. The molecule has 1 heterocycles. The van der Waals surface area contributed by atoms with E-state index in [4.69, 9.17) is 14.7 Å². The molecule has 0 spiro atoms. The molecule has 1 aliphatic heterocycles. The molecule has 0 aliphatic carbocycles. The van der Waals surface area contributed by atoms with Crippen LogP contribution in [0.15, 0.2) is 77.9 Å². The summed E-state index contributed by atoms with van der Waals surface area (Å²) in [5.41, 5.74) is 7.15. The van der Waals surface area contributed by atoms with Gasteiger partial charge in [0.05, 0.1) is 31.1 Å². The van der Waals surface area contributed by atoms with Gasteiger partial charge >= 0.3 is 0 Å². The normalized spacial score (nSPS) is 13.5. The maximum absolute atomic E-state index is 12.0. The first kappa shape index (κ1) is 22.1. The molecule has 1 N–H and O–H groups in total. The van der Waals surface area contributed by atoms with Gasteiger partial charge < -0.3 is 14.4 Å². The van der Waals surface area contributed by atoms with Crippen LogP contribution in [-0.2, 0) is 9.53 Å². The number of hydrogen-bond acceptors (Lipinski definition) is 6. The minimum Gasteiger partial charge on any atom is -0.484 e. The van der Waals surface area contributed by atoms with Crippen LogP contribution in [0, 0.1) is 11.3 Å². The number of nitrogens with one attached hydrogen (secondary N) is 1. The first-order valence-corrected chi connectivity index (χ1v) is 10.7. The number of hydrogen-bond donors (Lipinski definition) is 1. The Kier molecular flexibility index (Phi) is 7.31. The highest BCUT2D eigenvalue weighted by molar-refractivity contribution is 5.83. The first-order valence-electron chi connectivity index (χ1n) is 10.7. The van der Waals surface area contributed by atoms with E-state index in [9.17, 15) is 4.79 Å². The van der Waals surface area contributed by atoms with Gasteiger partial charge in [-0.1, -0.05) is 36.4 Å².